The van der Waals surface area contributed by atoms with E-state index in [0.717, 1.165) is 18.2 Å². The average molecular weight is 503 g/mol. The number of carboxylic acids is 1. The molecule has 0 amide bonds. The maximum absolute atomic E-state index is 13.7. The number of aliphatic carboxylic acids is 1. The van der Waals surface area contributed by atoms with Crippen molar-refractivity contribution in [3.63, 3.8) is 0 Å². The zero-order valence-electron chi connectivity index (χ0n) is 19.1. The molecule has 0 spiro atoms. The molecule has 1 aliphatic carbocycles. The second-order valence-corrected chi connectivity index (χ2v) is 9.00. The van der Waals surface area contributed by atoms with E-state index in [2.05, 4.69) is 15.5 Å². The van der Waals surface area contributed by atoms with Crippen LogP contribution in [0, 0.1) is 5.92 Å². The van der Waals surface area contributed by atoms with Crippen molar-refractivity contribution in [2.45, 2.75) is 44.0 Å². The summed E-state index contributed by atoms with van der Waals surface area (Å²) in [6.45, 7) is 0.712. The van der Waals surface area contributed by atoms with Gasteiger partial charge in [-0.15, -0.1) is 0 Å². The lowest BCUT2D eigenvalue weighted by Crippen LogP contribution is -2.18. The molecule has 1 saturated heterocycles. The molecular formula is C25H24F3N3O5. The van der Waals surface area contributed by atoms with Crippen LogP contribution >= 0.6 is 0 Å². The Labute approximate surface area is 204 Å². The topological polar surface area (TPSA) is 107 Å². The molecule has 2 aromatic carbocycles. The van der Waals surface area contributed by atoms with Crippen molar-refractivity contribution < 1.29 is 37.1 Å². The number of anilines is 1. The van der Waals surface area contributed by atoms with Crippen molar-refractivity contribution in [1.82, 2.24) is 10.1 Å². The maximum Gasteiger partial charge on any atom is 0.419 e. The van der Waals surface area contributed by atoms with Gasteiger partial charge in [-0.25, -0.2) is 0 Å². The van der Waals surface area contributed by atoms with Gasteiger partial charge in [0.15, 0.2) is 0 Å². The third-order valence-electron chi connectivity index (χ3n) is 6.44. The molecule has 2 aliphatic rings. The molecule has 190 valence electrons. The van der Waals surface area contributed by atoms with E-state index in [4.69, 9.17) is 19.1 Å². The fourth-order valence-electron chi connectivity index (χ4n) is 4.52. The van der Waals surface area contributed by atoms with Gasteiger partial charge in [0.05, 0.1) is 24.7 Å². The first-order valence-electron chi connectivity index (χ1n) is 11.7. The summed E-state index contributed by atoms with van der Waals surface area (Å²) >= 11 is 0. The number of alkyl halides is 3. The Kier molecular flexibility index (Phi) is 6.57. The summed E-state index contributed by atoms with van der Waals surface area (Å²) in [6.07, 6.45) is -2.51. The summed E-state index contributed by atoms with van der Waals surface area (Å²) in [5, 5.41) is 16.3. The van der Waals surface area contributed by atoms with E-state index in [9.17, 15) is 18.0 Å². The number of halogens is 3. The highest BCUT2D eigenvalue weighted by atomic mass is 19.4. The Morgan fingerprint density at radius 2 is 1.86 bits per heavy atom. The quantitative estimate of drug-likeness (QED) is 0.450. The first-order chi connectivity index (χ1) is 17.3. The molecule has 1 aliphatic heterocycles. The highest BCUT2D eigenvalue weighted by Gasteiger charge is 2.36. The number of hydrogen-bond donors (Lipinski definition) is 2. The van der Waals surface area contributed by atoms with E-state index in [1.54, 1.807) is 12.1 Å². The van der Waals surface area contributed by atoms with Crippen molar-refractivity contribution in [1.29, 1.82) is 0 Å². The highest BCUT2D eigenvalue weighted by Crippen LogP contribution is 2.39. The molecule has 3 aromatic rings. The Bertz CT molecular complexity index is 1220. The van der Waals surface area contributed by atoms with Crippen molar-refractivity contribution in [3.8, 4) is 28.6 Å². The molecule has 2 fully saturated rings. The highest BCUT2D eigenvalue weighted by molar-refractivity contribution is 5.70. The Morgan fingerprint density at radius 3 is 2.53 bits per heavy atom. The van der Waals surface area contributed by atoms with Gasteiger partial charge in [0.2, 0.25) is 5.82 Å². The van der Waals surface area contributed by atoms with E-state index in [1.165, 1.54) is 12.1 Å². The number of ether oxygens (including phenoxy) is 2. The Hall–Kier alpha value is -3.60. The van der Waals surface area contributed by atoms with Crippen LogP contribution in [0.1, 0.15) is 31.2 Å². The van der Waals surface area contributed by atoms with Crippen LogP contribution in [0.15, 0.2) is 47.0 Å². The number of aromatic nitrogens is 2. The van der Waals surface area contributed by atoms with E-state index in [0.29, 0.717) is 31.4 Å². The Morgan fingerprint density at radius 1 is 1.08 bits per heavy atom. The normalized spacial score (nSPS) is 22.0. The van der Waals surface area contributed by atoms with E-state index in [1.807, 2.05) is 12.1 Å². The van der Waals surface area contributed by atoms with Gasteiger partial charge in [0.1, 0.15) is 11.9 Å². The monoisotopic (exact) mass is 503 g/mol. The molecule has 0 bridgehead atoms. The lowest BCUT2D eigenvalue weighted by Gasteiger charge is -2.17. The molecule has 11 heteroatoms. The van der Waals surface area contributed by atoms with Crippen LogP contribution in [-0.2, 0) is 15.7 Å². The van der Waals surface area contributed by atoms with Gasteiger partial charge >= 0.3 is 12.1 Å². The average Bonchev–Trinajstić information content (AvgIpc) is 3.62. The molecule has 1 aromatic heterocycles. The summed E-state index contributed by atoms with van der Waals surface area (Å²) < 4.78 is 57.2. The van der Waals surface area contributed by atoms with E-state index < -0.39 is 23.8 Å². The third kappa shape index (κ3) is 5.30. The van der Waals surface area contributed by atoms with Gasteiger partial charge in [0.25, 0.3) is 5.89 Å². The lowest BCUT2D eigenvalue weighted by atomic mass is 10.1. The largest absolute Gasteiger partial charge is 0.487 e. The van der Waals surface area contributed by atoms with Crippen LogP contribution in [-0.4, -0.2) is 46.6 Å². The van der Waals surface area contributed by atoms with Crippen LogP contribution in [0.2, 0.25) is 0 Å². The van der Waals surface area contributed by atoms with Crippen LogP contribution < -0.4 is 10.1 Å². The minimum Gasteiger partial charge on any atom is -0.487 e. The van der Waals surface area contributed by atoms with E-state index >= 15 is 0 Å². The summed E-state index contributed by atoms with van der Waals surface area (Å²) in [7, 11) is 0. The van der Waals surface area contributed by atoms with Gasteiger partial charge in [-0.2, -0.15) is 18.2 Å². The van der Waals surface area contributed by atoms with Crippen molar-refractivity contribution in [3.05, 3.63) is 48.0 Å². The minimum absolute atomic E-state index is 0.0270. The summed E-state index contributed by atoms with van der Waals surface area (Å²) in [4.78, 5) is 15.4. The second kappa shape index (κ2) is 9.81. The fraction of sp³-hybridized carbons (Fsp3) is 0.400. The van der Waals surface area contributed by atoms with Crippen molar-refractivity contribution in [2.75, 3.05) is 18.5 Å². The number of hydrogen-bond acceptors (Lipinski definition) is 7. The van der Waals surface area contributed by atoms with Crippen LogP contribution in [0.3, 0.4) is 0 Å². The van der Waals surface area contributed by atoms with Gasteiger partial charge < -0.3 is 24.4 Å². The van der Waals surface area contributed by atoms with Crippen molar-refractivity contribution in [2.24, 2.45) is 5.92 Å². The zero-order chi connectivity index (χ0) is 25.3. The number of nitrogens with zero attached hydrogens (tertiary/aromatic N) is 2. The smallest absolute Gasteiger partial charge is 0.419 e. The molecule has 2 heterocycles. The third-order valence-corrected chi connectivity index (χ3v) is 6.44. The van der Waals surface area contributed by atoms with Gasteiger partial charge in [0, 0.05) is 29.3 Å². The molecule has 0 radical (unpaired) electrons. The maximum atomic E-state index is 13.7. The molecule has 2 N–H and O–H groups in total. The lowest BCUT2D eigenvalue weighted by molar-refractivity contribution is -0.141. The van der Waals surface area contributed by atoms with E-state index in [-0.39, 0.29) is 41.6 Å². The summed E-state index contributed by atoms with van der Waals surface area (Å²) in [5.74, 6) is -1.16. The van der Waals surface area contributed by atoms with Gasteiger partial charge in [-0.1, -0.05) is 5.16 Å². The summed E-state index contributed by atoms with van der Waals surface area (Å²) in [6, 6.07) is 10.9. The minimum atomic E-state index is -4.62. The van der Waals surface area contributed by atoms with Crippen molar-refractivity contribution >= 4 is 11.7 Å². The van der Waals surface area contributed by atoms with Gasteiger partial charge in [-0.3, -0.25) is 4.79 Å². The number of carboxylic acid groups (broad SMARTS) is 1. The zero-order valence-corrected chi connectivity index (χ0v) is 19.1. The Balaban J connectivity index is 1.30. The molecule has 5 rings (SSSR count). The standard InChI is InChI=1S/C25H24F3N3O5/c26-25(27,28)20-12-15(4-8-21(20)35-19-9-10-34-13-19)22-30-23(36-31-22)14-1-5-17(6-2-14)29-18-7-3-16(11-18)24(32)33/h1-2,4-6,8,12,16,18-19,29H,3,7,9-11,13H2,(H,32,33)/t16-,18+,19+/m1/s1. The fourth-order valence-corrected chi connectivity index (χ4v) is 4.52. The van der Waals surface area contributed by atoms with Crippen LogP contribution in [0.5, 0.6) is 5.75 Å². The van der Waals surface area contributed by atoms with Crippen LogP contribution in [0.25, 0.3) is 22.8 Å². The first kappa shape index (κ1) is 24.1. The number of rotatable bonds is 7. The van der Waals surface area contributed by atoms with Gasteiger partial charge in [-0.05, 0) is 61.7 Å². The number of carbonyl (C=O) groups is 1. The second-order valence-electron chi connectivity index (χ2n) is 9.00. The molecular weight excluding hydrogens is 479 g/mol. The SMILES string of the molecule is O=C(O)[C@@H]1CC[C@H](Nc2ccc(-c3nc(-c4ccc(O[C@H]5CCOC5)c(C(F)(F)F)c4)no3)cc2)C1. The molecule has 8 nitrogen and oxygen atoms in total. The number of benzene rings is 2. The molecule has 1 saturated carbocycles. The molecule has 3 atom stereocenters. The predicted molar refractivity (Wildman–Crippen MR) is 122 cm³/mol. The first-order valence-corrected chi connectivity index (χ1v) is 11.7. The number of nitrogens with one attached hydrogen (secondary N) is 1. The predicted octanol–water partition coefficient (Wildman–Crippen LogP) is 5.26. The van der Waals surface area contributed by atoms with Crippen LogP contribution in [0.4, 0.5) is 18.9 Å². The summed E-state index contributed by atoms with van der Waals surface area (Å²) in [5.41, 5.74) is 0.671. The molecule has 0 unspecified atom stereocenters. The molecule has 36 heavy (non-hydrogen) atoms.